The Kier molecular flexibility index (Phi) is 13.7. The molecule has 0 saturated carbocycles. The molecule has 0 aromatic heterocycles. The van der Waals surface area contributed by atoms with Crippen LogP contribution in [0, 0.1) is 5.92 Å². The first-order valence-corrected chi connectivity index (χ1v) is 14.4. The van der Waals surface area contributed by atoms with Gasteiger partial charge >= 0.3 is 18.0 Å². The third kappa shape index (κ3) is 12.6. The molecule has 0 radical (unpaired) electrons. The van der Waals surface area contributed by atoms with E-state index in [9.17, 15) is 24.0 Å². The molecule has 11 heteroatoms. The van der Waals surface area contributed by atoms with Gasteiger partial charge in [-0.3, -0.25) is 19.2 Å². The van der Waals surface area contributed by atoms with E-state index in [1.807, 2.05) is 30.3 Å². The Hall–Kier alpha value is -4.41. The molecule has 0 spiro atoms. The Labute approximate surface area is 252 Å². The molecular weight excluding hydrogens is 554 g/mol. The number of esters is 1. The molecule has 0 fully saturated rings. The molecule has 2 atom stereocenters. The van der Waals surface area contributed by atoms with Crippen LogP contribution in [0.2, 0.25) is 0 Å². The number of amides is 3. The average molecular weight is 598 g/mol. The summed E-state index contributed by atoms with van der Waals surface area (Å²) in [4.78, 5) is 62.7. The molecule has 0 bridgehead atoms. The van der Waals surface area contributed by atoms with Gasteiger partial charge < -0.3 is 30.5 Å². The highest BCUT2D eigenvalue weighted by Gasteiger charge is 2.37. The van der Waals surface area contributed by atoms with E-state index in [4.69, 9.17) is 14.6 Å². The zero-order chi connectivity index (χ0) is 32.0. The Morgan fingerprint density at radius 2 is 1.44 bits per heavy atom. The quantitative estimate of drug-likeness (QED) is 0.286. The number of ether oxygens (including phenoxy) is 2. The van der Waals surface area contributed by atoms with Gasteiger partial charge in [0.15, 0.2) is 0 Å². The minimum atomic E-state index is -1.42. The molecule has 0 heterocycles. The average Bonchev–Trinajstić information content (AvgIpc) is 3.37. The topological polar surface area (TPSA) is 160 Å². The highest BCUT2D eigenvalue weighted by atomic mass is 16.6. The summed E-state index contributed by atoms with van der Waals surface area (Å²) < 4.78 is 10.6. The summed E-state index contributed by atoms with van der Waals surface area (Å²) >= 11 is 0. The lowest BCUT2D eigenvalue weighted by Gasteiger charge is -2.27. The molecule has 234 valence electrons. The fourth-order valence-corrected chi connectivity index (χ4v) is 4.42. The van der Waals surface area contributed by atoms with Crippen molar-refractivity contribution in [1.82, 2.24) is 16.0 Å². The van der Waals surface area contributed by atoms with E-state index in [0.717, 1.165) is 16.7 Å². The number of carbonyl (C=O) groups excluding carboxylic acids is 4. The summed E-state index contributed by atoms with van der Waals surface area (Å²) in [7, 11) is 0. The highest BCUT2D eigenvalue weighted by Crippen LogP contribution is 2.29. The van der Waals surface area contributed by atoms with Crippen LogP contribution in [-0.4, -0.2) is 59.2 Å². The van der Waals surface area contributed by atoms with Crippen LogP contribution in [0.5, 0.6) is 0 Å². The second-order valence-electron chi connectivity index (χ2n) is 11.3. The minimum absolute atomic E-state index is 0.0615. The number of hydrogen-bond donors (Lipinski definition) is 4. The molecule has 4 N–H and O–H groups in total. The zero-order valence-electron chi connectivity index (χ0n) is 25.5. The van der Waals surface area contributed by atoms with Crippen molar-refractivity contribution >= 4 is 29.8 Å². The Morgan fingerprint density at radius 1 is 0.884 bits per heavy atom. The number of fused-ring (bicyclic) bond motifs is 1. The van der Waals surface area contributed by atoms with Crippen LogP contribution in [-0.2, 0) is 48.1 Å². The number of nitrogens with one attached hydrogen (secondary N) is 3. The van der Waals surface area contributed by atoms with Gasteiger partial charge in [0.05, 0.1) is 6.42 Å². The predicted molar refractivity (Wildman–Crippen MR) is 160 cm³/mol. The molecule has 1 aliphatic carbocycles. The van der Waals surface area contributed by atoms with Gasteiger partial charge in [0.2, 0.25) is 11.8 Å². The molecule has 0 aliphatic heterocycles. The standard InChI is InChI=1S/C29H35N3O8.C3H8/c1-29(2,3)40-24(35)15-22(31-28(38)39-17-18-9-5-4-6-10-18)26(36)32-25(27(37)30-16-23(33)34)21-13-19-11-7-8-12-20(19)14-21;1-3-2/h4-12,21-22,25H,13-17H2,1-3H3,(H,30,37)(H,31,38)(H,32,36)(H,33,34);3H2,1-2H3/t22-,25?;/m0./s1. The maximum absolute atomic E-state index is 13.5. The first kappa shape index (κ1) is 34.8. The van der Waals surface area contributed by atoms with Crippen LogP contribution in [0.15, 0.2) is 54.6 Å². The first-order valence-electron chi connectivity index (χ1n) is 14.4. The fourth-order valence-electron chi connectivity index (χ4n) is 4.42. The number of benzene rings is 2. The number of carboxylic acids is 1. The van der Waals surface area contributed by atoms with Gasteiger partial charge in [-0.05, 0) is 56.2 Å². The van der Waals surface area contributed by atoms with Crippen LogP contribution in [0.4, 0.5) is 4.79 Å². The van der Waals surface area contributed by atoms with Gasteiger partial charge in [-0.2, -0.15) is 0 Å². The van der Waals surface area contributed by atoms with E-state index in [2.05, 4.69) is 29.8 Å². The number of carboxylic acid groups (broad SMARTS) is 1. The number of carbonyl (C=O) groups is 5. The molecule has 43 heavy (non-hydrogen) atoms. The predicted octanol–water partition coefficient (Wildman–Crippen LogP) is 3.53. The Balaban J connectivity index is 0.00000206. The summed E-state index contributed by atoms with van der Waals surface area (Å²) in [6.07, 6.45) is 0.751. The van der Waals surface area contributed by atoms with Crippen molar-refractivity contribution < 1.29 is 38.6 Å². The van der Waals surface area contributed by atoms with Crippen LogP contribution in [0.3, 0.4) is 0 Å². The monoisotopic (exact) mass is 597 g/mol. The van der Waals surface area contributed by atoms with E-state index in [0.29, 0.717) is 12.8 Å². The normalized spacial score (nSPS) is 13.7. The summed E-state index contributed by atoms with van der Waals surface area (Å²) in [5.74, 6) is -3.84. The van der Waals surface area contributed by atoms with E-state index in [-0.39, 0.29) is 12.5 Å². The fraction of sp³-hybridized carbons (Fsp3) is 0.469. The summed E-state index contributed by atoms with van der Waals surface area (Å²) in [5, 5.41) is 16.4. The van der Waals surface area contributed by atoms with E-state index in [1.54, 1.807) is 45.0 Å². The van der Waals surface area contributed by atoms with Gasteiger partial charge in [0.25, 0.3) is 0 Å². The van der Waals surface area contributed by atoms with Gasteiger partial charge in [-0.25, -0.2) is 4.79 Å². The van der Waals surface area contributed by atoms with Gasteiger partial charge in [0, 0.05) is 0 Å². The summed E-state index contributed by atoms with van der Waals surface area (Å²) in [6.45, 7) is 8.57. The van der Waals surface area contributed by atoms with Crippen molar-refractivity contribution in [3.63, 3.8) is 0 Å². The number of hydrogen-bond acceptors (Lipinski definition) is 7. The Morgan fingerprint density at radius 3 is 1.98 bits per heavy atom. The minimum Gasteiger partial charge on any atom is -0.480 e. The van der Waals surface area contributed by atoms with E-state index >= 15 is 0 Å². The van der Waals surface area contributed by atoms with Crippen molar-refractivity contribution in [1.29, 1.82) is 0 Å². The molecule has 3 amide bonds. The zero-order valence-corrected chi connectivity index (χ0v) is 25.5. The van der Waals surface area contributed by atoms with E-state index < -0.39 is 60.5 Å². The maximum Gasteiger partial charge on any atom is 0.408 e. The van der Waals surface area contributed by atoms with Crippen LogP contribution >= 0.6 is 0 Å². The molecule has 2 aromatic rings. The maximum atomic E-state index is 13.5. The largest absolute Gasteiger partial charge is 0.480 e. The van der Waals surface area contributed by atoms with Crippen molar-refractivity contribution in [2.24, 2.45) is 5.92 Å². The first-order chi connectivity index (χ1) is 20.3. The molecular formula is C32H43N3O8. The molecule has 11 nitrogen and oxygen atoms in total. The lowest BCUT2D eigenvalue weighted by molar-refractivity contribution is -0.156. The highest BCUT2D eigenvalue weighted by molar-refractivity contribution is 5.94. The van der Waals surface area contributed by atoms with Crippen molar-refractivity contribution in [3.8, 4) is 0 Å². The summed E-state index contributed by atoms with van der Waals surface area (Å²) in [5.41, 5.74) is 1.93. The van der Waals surface area contributed by atoms with Gasteiger partial charge in [-0.1, -0.05) is 74.9 Å². The number of aliphatic carboxylic acids is 1. The van der Waals surface area contributed by atoms with Crippen molar-refractivity contribution in [2.45, 2.75) is 84.6 Å². The third-order valence-corrected chi connectivity index (χ3v) is 6.16. The third-order valence-electron chi connectivity index (χ3n) is 6.16. The van der Waals surface area contributed by atoms with E-state index in [1.165, 1.54) is 6.42 Å². The molecule has 3 rings (SSSR count). The molecule has 2 aromatic carbocycles. The molecule has 1 aliphatic rings. The summed E-state index contributed by atoms with van der Waals surface area (Å²) in [6, 6.07) is 14.0. The number of rotatable bonds is 11. The number of alkyl carbamates (subject to hydrolysis) is 1. The smallest absolute Gasteiger partial charge is 0.408 e. The molecule has 1 unspecified atom stereocenters. The van der Waals surface area contributed by atoms with Crippen LogP contribution in [0.1, 0.15) is 64.2 Å². The second-order valence-corrected chi connectivity index (χ2v) is 11.3. The Bertz CT molecular complexity index is 1220. The molecule has 0 saturated heterocycles. The second kappa shape index (κ2) is 16.9. The van der Waals surface area contributed by atoms with Crippen LogP contribution in [0.25, 0.3) is 0 Å². The van der Waals surface area contributed by atoms with Gasteiger partial charge in [0.1, 0.15) is 30.8 Å². The van der Waals surface area contributed by atoms with Crippen molar-refractivity contribution in [2.75, 3.05) is 6.54 Å². The lowest BCUT2D eigenvalue weighted by Crippen LogP contribution is -2.57. The van der Waals surface area contributed by atoms with Gasteiger partial charge in [-0.15, -0.1) is 0 Å². The lowest BCUT2D eigenvalue weighted by atomic mass is 9.95. The van der Waals surface area contributed by atoms with Crippen molar-refractivity contribution in [3.05, 3.63) is 71.3 Å². The van der Waals surface area contributed by atoms with Crippen LogP contribution < -0.4 is 16.0 Å². The SMILES string of the molecule is CC(C)(C)OC(=O)C[C@H](NC(=O)OCc1ccccc1)C(=O)NC(C(=O)NCC(=O)O)C1Cc2ccccc2C1.CCC.